The number of benzene rings is 2. The van der Waals surface area contributed by atoms with Gasteiger partial charge in [0.1, 0.15) is 17.6 Å². The summed E-state index contributed by atoms with van der Waals surface area (Å²) in [6, 6.07) is 13.7. The number of nitrogens with one attached hydrogen (secondary N) is 1. The molecule has 0 bridgehead atoms. The molecule has 24 heavy (non-hydrogen) atoms. The fraction of sp³-hybridized carbons (Fsp3) is 0.118. The summed E-state index contributed by atoms with van der Waals surface area (Å²) in [5.41, 5.74) is 0.546. The molecule has 7 heteroatoms. The lowest BCUT2D eigenvalue weighted by Gasteiger charge is -2.08. The summed E-state index contributed by atoms with van der Waals surface area (Å²) in [5, 5.41) is 11.3. The molecule has 2 rings (SSSR count). The van der Waals surface area contributed by atoms with Gasteiger partial charge in [0.25, 0.3) is 5.91 Å². The molecule has 0 heterocycles. The van der Waals surface area contributed by atoms with Crippen molar-refractivity contribution in [3.63, 3.8) is 0 Å². The van der Waals surface area contributed by atoms with Crippen molar-refractivity contribution in [1.29, 1.82) is 5.26 Å². The molecule has 0 aromatic heterocycles. The van der Waals surface area contributed by atoms with Crippen molar-refractivity contribution < 1.29 is 23.5 Å². The highest BCUT2D eigenvalue weighted by atomic mass is 19.1. The largest absolute Gasteiger partial charge is 0.481 e. The zero-order valence-electron chi connectivity index (χ0n) is 12.5. The predicted octanol–water partition coefficient (Wildman–Crippen LogP) is 2.26. The van der Waals surface area contributed by atoms with E-state index in [0.717, 1.165) is 6.07 Å². The number of nitriles is 1. The quantitative estimate of drug-likeness (QED) is 0.822. The molecule has 1 N–H and O–H groups in total. The van der Waals surface area contributed by atoms with Crippen molar-refractivity contribution in [2.24, 2.45) is 0 Å². The van der Waals surface area contributed by atoms with Crippen molar-refractivity contribution in [1.82, 2.24) is 0 Å². The molecular formula is C17H13FN2O4. The van der Waals surface area contributed by atoms with E-state index in [1.54, 1.807) is 24.3 Å². The first-order valence-electron chi connectivity index (χ1n) is 6.91. The van der Waals surface area contributed by atoms with E-state index < -0.39 is 30.9 Å². The highest BCUT2D eigenvalue weighted by Gasteiger charge is 2.10. The van der Waals surface area contributed by atoms with Gasteiger partial charge in [0, 0.05) is 5.69 Å². The van der Waals surface area contributed by atoms with Crippen LogP contribution in [0.4, 0.5) is 10.1 Å². The molecule has 0 saturated carbocycles. The van der Waals surface area contributed by atoms with E-state index in [4.69, 9.17) is 14.7 Å². The Kier molecular flexibility index (Phi) is 5.86. The number of hydrogen-bond donors (Lipinski definition) is 1. The number of nitrogens with zero attached hydrogens (tertiary/aromatic N) is 1. The summed E-state index contributed by atoms with van der Waals surface area (Å²) in [7, 11) is 0. The lowest BCUT2D eigenvalue weighted by molar-refractivity contribution is -0.149. The van der Waals surface area contributed by atoms with Crippen molar-refractivity contribution >= 4 is 17.6 Å². The second kappa shape index (κ2) is 8.29. The van der Waals surface area contributed by atoms with Gasteiger partial charge >= 0.3 is 5.97 Å². The van der Waals surface area contributed by atoms with Gasteiger partial charge in [-0.1, -0.05) is 18.2 Å². The van der Waals surface area contributed by atoms with Crippen LogP contribution in [0.5, 0.6) is 5.75 Å². The van der Waals surface area contributed by atoms with Crippen molar-refractivity contribution in [3.05, 3.63) is 59.9 Å². The first-order chi connectivity index (χ1) is 11.6. The zero-order valence-corrected chi connectivity index (χ0v) is 12.5. The Morgan fingerprint density at radius 2 is 1.92 bits per heavy atom. The summed E-state index contributed by atoms with van der Waals surface area (Å²) in [6.07, 6.45) is 0. The van der Waals surface area contributed by atoms with Gasteiger partial charge in [-0.3, -0.25) is 4.79 Å². The highest BCUT2D eigenvalue weighted by molar-refractivity contribution is 5.92. The Morgan fingerprint density at radius 1 is 1.12 bits per heavy atom. The van der Waals surface area contributed by atoms with Crippen LogP contribution in [-0.2, 0) is 14.3 Å². The van der Waals surface area contributed by atoms with Gasteiger partial charge in [0.2, 0.25) is 0 Å². The zero-order chi connectivity index (χ0) is 17.4. The number of esters is 1. The van der Waals surface area contributed by atoms with Crippen molar-refractivity contribution in [2.45, 2.75) is 0 Å². The predicted molar refractivity (Wildman–Crippen MR) is 82.6 cm³/mol. The number of carbonyl (C=O) groups is 2. The van der Waals surface area contributed by atoms with E-state index in [1.807, 2.05) is 6.07 Å². The maximum Gasteiger partial charge on any atom is 0.344 e. The van der Waals surface area contributed by atoms with E-state index in [1.165, 1.54) is 18.2 Å². The van der Waals surface area contributed by atoms with Crippen LogP contribution in [-0.4, -0.2) is 25.1 Å². The molecule has 2 aromatic carbocycles. The topological polar surface area (TPSA) is 88.4 Å². The number of halogens is 1. The van der Waals surface area contributed by atoms with Crippen LogP contribution in [0.3, 0.4) is 0 Å². The molecule has 2 aromatic rings. The molecule has 0 spiro atoms. The molecule has 0 fully saturated rings. The van der Waals surface area contributed by atoms with Crippen molar-refractivity contribution in [3.8, 4) is 11.8 Å². The van der Waals surface area contributed by atoms with E-state index in [-0.39, 0.29) is 17.0 Å². The molecule has 0 unspecified atom stereocenters. The minimum atomic E-state index is -0.767. The Labute approximate surface area is 137 Å². The molecule has 0 aliphatic carbocycles. The van der Waals surface area contributed by atoms with E-state index in [0.29, 0.717) is 0 Å². The molecule has 0 aliphatic heterocycles. The van der Waals surface area contributed by atoms with Crippen LogP contribution in [0, 0.1) is 17.1 Å². The Bertz CT molecular complexity index is 786. The van der Waals surface area contributed by atoms with Crippen LogP contribution in [0.15, 0.2) is 48.5 Å². The molecular weight excluding hydrogens is 315 g/mol. The second-order valence-electron chi connectivity index (χ2n) is 4.62. The Balaban J connectivity index is 1.77. The number of para-hydroxylation sites is 1. The lowest BCUT2D eigenvalue weighted by atomic mass is 10.2. The van der Waals surface area contributed by atoms with Crippen LogP contribution in [0.25, 0.3) is 0 Å². The van der Waals surface area contributed by atoms with Gasteiger partial charge in [-0.2, -0.15) is 5.26 Å². The summed E-state index contributed by atoms with van der Waals surface area (Å²) >= 11 is 0. The number of ether oxygens (including phenoxy) is 2. The average molecular weight is 328 g/mol. The number of carbonyl (C=O) groups excluding carboxylic acids is 2. The molecule has 0 atom stereocenters. The van der Waals surface area contributed by atoms with E-state index in [2.05, 4.69) is 5.32 Å². The molecule has 122 valence electrons. The fourth-order valence-electron chi connectivity index (χ4n) is 1.77. The minimum Gasteiger partial charge on any atom is -0.481 e. The van der Waals surface area contributed by atoms with Gasteiger partial charge in [0.05, 0.1) is 5.56 Å². The number of anilines is 1. The maximum atomic E-state index is 13.0. The normalized spacial score (nSPS) is 9.67. The first kappa shape index (κ1) is 17.0. The van der Waals surface area contributed by atoms with Gasteiger partial charge < -0.3 is 14.8 Å². The van der Waals surface area contributed by atoms with Gasteiger partial charge in [-0.15, -0.1) is 0 Å². The second-order valence-corrected chi connectivity index (χ2v) is 4.62. The molecule has 1 amide bonds. The Hall–Kier alpha value is -3.40. The van der Waals surface area contributed by atoms with Gasteiger partial charge in [-0.05, 0) is 30.3 Å². The number of amides is 1. The van der Waals surface area contributed by atoms with Crippen LogP contribution in [0.2, 0.25) is 0 Å². The summed E-state index contributed by atoms with van der Waals surface area (Å²) in [6.45, 7) is -0.968. The highest BCUT2D eigenvalue weighted by Crippen LogP contribution is 2.16. The minimum absolute atomic E-state index is 0.251. The van der Waals surface area contributed by atoms with Gasteiger partial charge in [0.15, 0.2) is 13.2 Å². The standard InChI is InChI=1S/C17H13FN2O4/c18-13-5-3-6-14(8-13)20-16(21)10-24-17(22)11-23-15-7-2-1-4-12(15)9-19/h1-8H,10-11H2,(H,20,21). The SMILES string of the molecule is N#Cc1ccccc1OCC(=O)OCC(=O)Nc1cccc(F)c1. The molecule has 6 nitrogen and oxygen atoms in total. The summed E-state index contributed by atoms with van der Waals surface area (Å²) < 4.78 is 22.9. The molecule has 0 aliphatic rings. The fourth-order valence-corrected chi connectivity index (χ4v) is 1.77. The molecule has 0 radical (unpaired) electrons. The third-order valence-corrected chi connectivity index (χ3v) is 2.83. The third-order valence-electron chi connectivity index (χ3n) is 2.83. The number of hydrogen-bond acceptors (Lipinski definition) is 5. The smallest absolute Gasteiger partial charge is 0.344 e. The van der Waals surface area contributed by atoms with Crippen molar-refractivity contribution in [2.75, 3.05) is 18.5 Å². The van der Waals surface area contributed by atoms with E-state index in [9.17, 15) is 14.0 Å². The van der Waals surface area contributed by atoms with E-state index >= 15 is 0 Å². The monoisotopic (exact) mass is 328 g/mol. The maximum absolute atomic E-state index is 13.0. The molecule has 0 saturated heterocycles. The lowest BCUT2D eigenvalue weighted by Crippen LogP contribution is -2.23. The van der Waals surface area contributed by atoms with Crippen LogP contribution < -0.4 is 10.1 Å². The average Bonchev–Trinajstić information content (AvgIpc) is 2.58. The van der Waals surface area contributed by atoms with Crippen LogP contribution >= 0.6 is 0 Å². The van der Waals surface area contributed by atoms with Gasteiger partial charge in [-0.25, -0.2) is 9.18 Å². The number of rotatable bonds is 6. The third kappa shape index (κ3) is 5.10. The summed E-state index contributed by atoms with van der Waals surface area (Å²) in [5.74, 6) is -1.61. The first-order valence-corrected chi connectivity index (χ1v) is 6.91. The Morgan fingerprint density at radius 3 is 2.67 bits per heavy atom. The summed E-state index contributed by atoms with van der Waals surface area (Å²) in [4.78, 5) is 23.2. The van der Waals surface area contributed by atoms with Crippen LogP contribution in [0.1, 0.15) is 5.56 Å².